The van der Waals surface area contributed by atoms with E-state index >= 15 is 0 Å². The van der Waals surface area contributed by atoms with Crippen molar-refractivity contribution in [2.75, 3.05) is 26.7 Å². The molecule has 0 bridgehead atoms. The molecule has 1 saturated heterocycles. The molecule has 0 amide bonds. The second-order valence-electron chi connectivity index (χ2n) is 3.47. The Hall–Kier alpha value is -0.0800. The molecule has 1 fully saturated rings. The summed E-state index contributed by atoms with van der Waals surface area (Å²) in [6.07, 6.45) is 1.31. The van der Waals surface area contributed by atoms with E-state index in [1.807, 2.05) is 0 Å². The van der Waals surface area contributed by atoms with Crippen molar-refractivity contribution in [2.24, 2.45) is 5.92 Å². The summed E-state index contributed by atoms with van der Waals surface area (Å²) in [5.41, 5.74) is 0. The smallest absolute Gasteiger partial charge is 0.0257 e. The van der Waals surface area contributed by atoms with Crippen LogP contribution in [0.2, 0.25) is 0 Å². The minimum Gasteiger partial charge on any atom is -0.315 e. The molecule has 1 N–H and O–H groups in total. The Labute approximate surface area is 70.0 Å². The normalized spacial score (nSPS) is 31.6. The molecule has 0 radical (unpaired) electrons. The molecule has 1 aliphatic heterocycles. The summed E-state index contributed by atoms with van der Waals surface area (Å²) in [5, 5.41) is 3.45. The van der Waals surface area contributed by atoms with E-state index in [-0.39, 0.29) is 0 Å². The molecule has 0 aromatic heterocycles. The van der Waals surface area contributed by atoms with Gasteiger partial charge in [-0.3, -0.25) is 0 Å². The summed E-state index contributed by atoms with van der Waals surface area (Å²) < 4.78 is 0. The molecule has 0 aliphatic carbocycles. The third kappa shape index (κ3) is 1.94. The van der Waals surface area contributed by atoms with Crippen LogP contribution in [0.5, 0.6) is 0 Å². The summed E-state index contributed by atoms with van der Waals surface area (Å²) in [7, 11) is 2.22. The molecule has 11 heavy (non-hydrogen) atoms. The zero-order chi connectivity index (χ0) is 8.27. The fraction of sp³-hybridized carbons (Fsp3) is 1.00. The Morgan fingerprint density at radius 3 is 2.64 bits per heavy atom. The number of hydrogen-bond donors (Lipinski definition) is 1. The van der Waals surface area contributed by atoms with E-state index in [4.69, 9.17) is 0 Å². The van der Waals surface area contributed by atoms with Crippen LogP contribution in [0, 0.1) is 5.92 Å². The minimum atomic E-state index is 0.782. The van der Waals surface area contributed by atoms with Crippen LogP contribution in [0.3, 0.4) is 0 Å². The van der Waals surface area contributed by atoms with Crippen LogP contribution in [0.15, 0.2) is 0 Å². The molecule has 66 valence electrons. The van der Waals surface area contributed by atoms with Gasteiger partial charge in [0.25, 0.3) is 0 Å². The predicted octanol–water partition coefficient (Wildman–Crippen LogP) is 0.936. The number of nitrogens with zero attached hydrogens (tertiary/aromatic N) is 1. The Bertz CT molecular complexity index is 114. The zero-order valence-corrected chi connectivity index (χ0v) is 7.93. The van der Waals surface area contributed by atoms with Gasteiger partial charge in [-0.2, -0.15) is 0 Å². The predicted molar refractivity (Wildman–Crippen MR) is 48.7 cm³/mol. The van der Waals surface area contributed by atoms with Crippen LogP contribution >= 0.6 is 0 Å². The molecule has 2 atom stereocenters. The van der Waals surface area contributed by atoms with Crippen LogP contribution in [0.4, 0.5) is 0 Å². The maximum atomic E-state index is 3.45. The number of rotatable bonds is 3. The molecular formula is C9H20N2. The van der Waals surface area contributed by atoms with E-state index in [1.165, 1.54) is 26.1 Å². The van der Waals surface area contributed by atoms with Gasteiger partial charge in [-0.15, -0.1) is 0 Å². The lowest BCUT2D eigenvalue weighted by atomic mass is 10.00. The summed E-state index contributed by atoms with van der Waals surface area (Å²) in [4.78, 5) is 2.45. The van der Waals surface area contributed by atoms with E-state index in [0.717, 1.165) is 12.0 Å². The average Bonchev–Trinajstić information content (AvgIpc) is 2.50. The molecule has 0 aromatic carbocycles. The van der Waals surface area contributed by atoms with Crippen LogP contribution in [-0.2, 0) is 0 Å². The number of hydrogen-bond acceptors (Lipinski definition) is 2. The third-order valence-electron chi connectivity index (χ3n) is 2.89. The monoisotopic (exact) mass is 156 g/mol. The Balaban J connectivity index is 2.42. The van der Waals surface area contributed by atoms with Crippen molar-refractivity contribution in [1.29, 1.82) is 0 Å². The van der Waals surface area contributed by atoms with Crippen molar-refractivity contribution in [1.82, 2.24) is 10.2 Å². The van der Waals surface area contributed by atoms with Gasteiger partial charge in [0, 0.05) is 12.6 Å². The quantitative estimate of drug-likeness (QED) is 0.654. The molecule has 2 nitrogen and oxygen atoms in total. The van der Waals surface area contributed by atoms with Crippen LogP contribution in [0.1, 0.15) is 20.3 Å². The molecule has 0 spiro atoms. The van der Waals surface area contributed by atoms with Gasteiger partial charge < -0.3 is 10.2 Å². The second kappa shape index (κ2) is 4.07. The van der Waals surface area contributed by atoms with Crippen molar-refractivity contribution in [3.05, 3.63) is 0 Å². The molecule has 0 aromatic rings. The Morgan fingerprint density at radius 2 is 2.09 bits per heavy atom. The molecule has 0 saturated carbocycles. The number of likely N-dealkylation sites (N-methyl/N-ethyl adjacent to an activating group) is 1. The summed E-state index contributed by atoms with van der Waals surface area (Å²) in [6, 6.07) is 0.782. The molecular weight excluding hydrogens is 136 g/mol. The summed E-state index contributed by atoms with van der Waals surface area (Å²) in [6.45, 7) is 8.08. The standard InChI is InChI=1S/C9H20N2/c1-4-8-6-10-7-9(8)11(3)5-2/h8-10H,4-7H2,1-3H3. The lowest BCUT2D eigenvalue weighted by Gasteiger charge is -2.26. The highest BCUT2D eigenvalue weighted by Gasteiger charge is 2.27. The molecule has 1 aliphatic rings. The van der Waals surface area contributed by atoms with Gasteiger partial charge in [-0.05, 0) is 26.1 Å². The van der Waals surface area contributed by atoms with Crippen LogP contribution < -0.4 is 5.32 Å². The van der Waals surface area contributed by atoms with Crippen molar-refractivity contribution < 1.29 is 0 Å². The maximum absolute atomic E-state index is 3.45. The molecule has 2 unspecified atom stereocenters. The van der Waals surface area contributed by atoms with E-state index in [0.29, 0.717) is 0 Å². The van der Waals surface area contributed by atoms with E-state index in [1.54, 1.807) is 0 Å². The lowest BCUT2D eigenvalue weighted by molar-refractivity contribution is 0.218. The van der Waals surface area contributed by atoms with Gasteiger partial charge in [-0.25, -0.2) is 0 Å². The fourth-order valence-corrected chi connectivity index (χ4v) is 1.89. The van der Waals surface area contributed by atoms with Gasteiger partial charge in [0.15, 0.2) is 0 Å². The SMILES string of the molecule is CCC1CNCC1N(C)CC. The van der Waals surface area contributed by atoms with Crippen molar-refractivity contribution in [2.45, 2.75) is 26.3 Å². The highest BCUT2D eigenvalue weighted by Crippen LogP contribution is 2.17. The van der Waals surface area contributed by atoms with Gasteiger partial charge in [0.2, 0.25) is 0 Å². The minimum absolute atomic E-state index is 0.782. The second-order valence-corrected chi connectivity index (χ2v) is 3.47. The largest absolute Gasteiger partial charge is 0.315 e. The van der Waals surface area contributed by atoms with Crippen LogP contribution in [-0.4, -0.2) is 37.6 Å². The first-order valence-corrected chi connectivity index (χ1v) is 4.70. The van der Waals surface area contributed by atoms with Gasteiger partial charge in [-0.1, -0.05) is 20.3 Å². The first-order valence-electron chi connectivity index (χ1n) is 4.70. The van der Waals surface area contributed by atoms with Crippen molar-refractivity contribution >= 4 is 0 Å². The zero-order valence-electron chi connectivity index (χ0n) is 7.93. The third-order valence-corrected chi connectivity index (χ3v) is 2.89. The lowest BCUT2D eigenvalue weighted by Crippen LogP contribution is -2.37. The molecule has 1 rings (SSSR count). The highest BCUT2D eigenvalue weighted by atomic mass is 15.2. The van der Waals surface area contributed by atoms with E-state index in [9.17, 15) is 0 Å². The Morgan fingerprint density at radius 1 is 1.36 bits per heavy atom. The van der Waals surface area contributed by atoms with E-state index in [2.05, 4.69) is 31.1 Å². The van der Waals surface area contributed by atoms with Crippen molar-refractivity contribution in [3.63, 3.8) is 0 Å². The van der Waals surface area contributed by atoms with Crippen LogP contribution in [0.25, 0.3) is 0 Å². The van der Waals surface area contributed by atoms with Gasteiger partial charge in [0.05, 0.1) is 0 Å². The van der Waals surface area contributed by atoms with Crippen molar-refractivity contribution in [3.8, 4) is 0 Å². The first-order chi connectivity index (χ1) is 5.29. The maximum Gasteiger partial charge on any atom is 0.0257 e. The van der Waals surface area contributed by atoms with Gasteiger partial charge >= 0.3 is 0 Å². The fourth-order valence-electron chi connectivity index (χ4n) is 1.89. The molecule has 1 heterocycles. The number of nitrogens with one attached hydrogen (secondary N) is 1. The highest BCUT2D eigenvalue weighted by molar-refractivity contribution is 4.86. The molecule has 2 heteroatoms. The Kier molecular flexibility index (Phi) is 3.34. The first kappa shape index (κ1) is 9.01. The van der Waals surface area contributed by atoms with Gasteiger partial charge in [0.1, 0.15) is 0 Å². The summed E-state index contributed by atoms with van der Waals surface area (Å²) in [5.74, 6) is 0.875. The van der Waals surface area contributed by atoms with E-state index < -0.39 is 0 Å². The summed E-state index contributed by atoms with van der Waals surface area (Å²) >= 11 is 0. The topological polar surface area (TPSA) is 15.3 Å². The average molecular weight is 156 g/mol.